The number of hydrogen-bond acceptors (Lipinski definition) is 2. The van der Waals surface area contributed by atoms with E-state index < -0.39 is 24.0 Å². The largest absolute Gasteiger partial charge is 0.491 e. The molecule has 0 fully saturated rings. The van der Waals surface area contributed by atoms with Crippen molar-refractivity contribution in [1.82, 2.24) is 0 Å². The van der Waals surface area contributed by atoms with E-state index in [1.165, 1.54) is 0 Å². The zero-order valence-electron chi connectivity index (χ0n) is 7.77. The minimum Gasteiger partial charge on any atom is -0.491 e. The molecule has 15 heavy (non-hydrogen) atoms. The maximum Gasteiger partial charge on any atom is 0.387 e. The van der Waals surface area contributed by atoms with Gasteiger partial charge in [0.1, 0.15) is 0 Å². The van der Waals surface area contributed by atoms with Gasteiger partial charge in [-0.1, -0.05) is 0 Å². The topological polar surface area (TPSA) is 18.5 Å². The van der Waals surface area contributed by atoms with Crippen LogP contribution in [0.4, 0.5) is 17.6 Å². The third-order valence-electron chi connectivity index (χ3n) is 1.53. The van der Waals surface area contributed by atoms with Crippen LogP contribution in [0.2, 0.25) is 0 Å². The molecule has 0 aliphatic heterocycles. The number of hydrogen-bond donors (Lipinski definition) is 0. The number of ether oxygens (including phenoxy) is 2. The zero-order chi connectivity index (χ0) is 11.4. The standard InChI is InChI=1S/C9H8F4O2/c1-2-14-5-3-4-6(15-9(12)13)8(11)7(5)10/h3-4,9H,2H2,1H3. The lowest BCUT2D eigenvalue weighted by Gasteiger charge is -2.09. The minimum atomic E-state index is -3.20. The lowest BCUT2D eigenvalue weighted by molar-refractivity contribution is -0.0525. The molecule has 0 N–H and O–H groups in total. The molecule has 1 aromatic rings. The molecule has 1 rings (SSSR count). The Kier molecular flexibility index (Phi) is 3.76. The number of alkyl halides is 2. The second kappa shape index (κ2) is 4.86. The highest BCUT2D eigenvalue weighted by atomic mass is 19.3. The molecule has 2 nitrogen and oxygen atoms in total. The molecule has 0 heterocycles. The van der Waals surface area contributed by atoms with Crippen LogP contribution in [-0.4, -0.2) is 13.2 Å². The Hall–Kier alpha value is -1.46. The van der Waals surface area contributed by atoms with Crippen molar-refractivity contribution in [3.63, 3.8) is 0 Å². The first kappa shape index (κ1) is 11.6. The van der Waals surface area contributed by atoms with E-state index in [0.29, 0.717) is 0 Å². The predicted molar refractivity (Wildman–Crippen MR) is 44.2 cm³/mol. The van der Waals surface area contributed by atoms with Gasteiger partial charge in [0.15, 0.2) is 11.5 Å². The molecule has 84 valence electrons. The molecule has 0 saturated carbocycles. The fourth-order valence-corrected chi connectivity index (χ4v) is 0.968. The van der Waals surface area contributed by atoms with Gasteiger partial charge in [-0.05, 0) is 19.1 Å². The van der Waals surface area contributed by atoms with Gasteiger partial charge in [-0.2, -0.15) is 17.6 Å². The number of benzene rings is 1. The second-order valence-corrected chi connectivity index (χ2v) is 2.50. The van der Waals surface area contributed by atoms with Crippen LogP contribution in [0.5, 0.6) is 11.5 Å². The molecule has 0 atom stereocenters. The lowest BCUT2D eigenvalue weighted by atomic mass is 10.3. The molecule has 0 saturated heterocycles. The van der Waals surface area contributed by atoms with Gasteiger partial charge in [0.2, 0.25) is 11.6 Å². The van der Waals surface area contributed by atoms with Crippen LogP contribution in [0.1, 0.15) is 6.92 Å². The van der Waals surface area contributed by atoms with Gasteiger partial charge in [0.05, 0.1) is 6.61 Å². The zero-order valence-corrected chi connectivity index (χ0v) is 7.77. The summed E-state index contributed by atoms with van der Waals surface area (Å²) in [5.74, 6) is -4.00. The molecule has 0 spiro atoms. The first-order chi connectivity index (χ1) is 7.06. The summed E-state index contributed by atoms with van der Waals surface area (Å²) in [6, 6.07) is 1.91. The fourth-order valence-electron chi connectivity index (χ4n) is 0.968. The van der Waals surface area contributed by atoms with Gasteiger partial charge in [-0.3, -0.25) is 0 Å². The minimum absolute atomic E-state index is 0.144. The second-order valence-electron chi connectivity index (χ2n) is 2.50. The predicted octanol–water partition coefficient (Wildman–Crippen LogP) is 2.96. The van der Waals surface area contributed by atoms with Crippen molar-refractivity contribution in [1.29, 1.82) is 0 Å². The number of rotatable bonds is 4. The van der Waals surface area contributed by atoms with Crippen LogP contribution in [0.25, 0.3) is 0 Å². The van der Waals surface area contributed by atoms with E-state index in [-0.39, 0.29) is 12.4 Å². The summed E-state index contributed by atoms with van der Waals surface area (Å²) in [5.41, 5.74) is 0. The smallest absolute Gasteiger partial charge is 0.387 e. The Balaban J connectivity index is 2.98. The van der Waals surface area contributed by atoms with E-state index in [1.807, 2.05) is 0 Å². The van der Waals surface area contributed by atoms with E-state index in [0.717, 1.165) is 12.1 Å². The molecule has 0 aromatic heterocycles. The summed E-state index contributed by atoms with van der Waals surface area (Å²) in [6.07, 6.45) is 0. The van der Waals surface area contributed by atoms with Crippen molar-refractivity contribution >= 4 is 0 Å². The normalized spacial score (nSPS) is 10.5. The van der Waals surface area contributed by atoms with Crippen molar-refractivity contribution < 1.29 is 27.0 Å². The van der Waals surface area contributed by atoms with Gasteiger partial charge in [-0.25, -0.2) is 0 Å². The molecule has 0 amide bonds. The van der Waals surface area contributed by atoms with E-state index in [9.17, 15) is 17.6 Å². The van der Waals surface area contributed by atoms with Gasteiger partial charge in [0.25, 0.3) is 0 Å². The summed E-state index contributed by atoms with van der Waals surface area (Å²) in [4.78, 5) is 0. The highest BCUT2D eigenvalue weighted by Crippen LogP contribution is 2.28. The summed E-state index contributed by atoms with van der Waals surface area (Å²) in [5, 5.41) is 0. The van der Waals surface area contributed by atoms with Crippen LogP contribution in [-0.2, 0) is 0 Å². The van der Waals surface area contributed by atoms with Crippen molar-refractivity contribution in [2.24, 2.45) is 0 Å². The lowest BCUT2D eigenvalue weighted by Crippen LogP contribution is -2.05. The Bertz CT molecular complexity index is 341. The van der Waals surface area contributed by atoms with Gasteiger partial charge < -0.3 is 9.47 Å². The van der Waals surface area contributed by atoms with Crippen molar-refractivity contribution in [3.05, 3.63) is 23.8 Å². The summed E-state index contributed by atoms with van der Waals surface area (Å²) in [6.45, 7) is -1.47. The molecule has 0 radical (unpaired) electrons. The van der Waals surface area contributed by atoms with Crippen LogP contribution in [0.15, 0.2) is 12.1 Å². The monoisotopic (exact) mass is 224 g/mol. The first-order valence-corrected chi connectivity index (χ1v) is 4.11. The van der Waals surface area contributed by atoms with Crippen molar-refractivity contribution in [3.8, 4) is 11.5 Å². The van der Waals surface area contributed by atoms with Crippen LogP contribution in [0.3, 0.4) is 0 Å². The first-order valence-electron chi connectivity index (χ1n) is 4.11. The summed E-state index contributed by atoms with van der Waals surface area (Å²) >= 11 is 0. The van der Waals surface area contributed by atoms with Gasteiger partial charge in [-0.15, -0.1) is 0 Å². The van der Waals surface area contributed by atoms with Gasteiger partial charge >= 0.3 is 6.61 Å². The third kappa shape index (κ3) is 2.74. The summed E-state index contributed by atoms with van der Waals surface area (Å²) in [7, 11) is 0. The number of halogens is 4. The molecule has 0 bridgehead atoms. The molecule has 6 heteroatoms. The quantitative estimate of drug-likeness (QED) is 0.732. The molecule has 0 unspecified atom stereocenters. The Morgan fingerprint density at radius 1 is 1.13 bits per heavy atom. The van der Waals surface area contributed by atoms with Gasteiger partial charge in [0, 0.05) is 0 Å². The maximum atomic E-state index is 13.1. The van der Waals surface area contributed by atoms with Crippen molar-refractivity contribution in [2.45, 2.75) is 13.5 Å². The highest BCUT2D eigenvalue weighted by molar-refractivity contribution is 5.34. The van der Waals surface area contributed by atoms with Crippen LogP contribution < -0.4 is 9.47 Å². The highest BCUT2D eigenvalue weighted by Gasteiger charge is 2.17. The van der Waals surface area contributed by atoms with E-state index >= 15 is 0 Å². The van der Waals surface area contributed by atoms with E-state index in [4.69, 9.17) is 4.74 Å². The van der Waals surface area contributed by atoms with E-state index in [2.05, 4.69) is 4.74 Å². The SMILES string of the molecule is CCOc1ccc(OC(F)F)c(F)c1F. The maximum absolute atomic E-state index is 13.1. The van der Waals surface area contributed by atoms with Crippen molar-refractivity contribution in [2.75, 3.05) is 6.61 Å². The molecule has 0 aliphatic carbocycles. The Labute approximate surface area is 83.4 Å². The summed E-state index contributed by atoms with van der Waals surface area (Å²) < 4.78 is 58.1. The average Bonchev–Trinajstić information content (AvgIpc) is 2.17. The molecule has 1 aromatic carbocycles. The van der Waals surface area contributed by atoms with E-state index in [1.54, 1.807) is 6.92 Å². The molecular weight excluding hydrogens is 216 g/mol. The Morgan fingerprint density at radius 2 is 1.67 bits per heavy atom. The van der Waals surface area contributed by atoms with Crippen LogP contribution in [0, 0.1) is 11.6 Å². The third-order valence-corrected chi connectivity index (χ3v) is 1.53. The average molecular weight is 224 g/mol. The fraction of sp³-hybridized carbons (Fsp3) is 0.333. The Morgan fingerprint density at radius 3 is 2.20 bits per heavy atom. The molecule has 0 aliphatic rings. The molecular formula is C9H8F4O2. The van der Waals surface area contributed by atoms with Crippen LogP contribution >= 0.6 is 0 Å².